The molecule has 1 unspecified atom stereocenters. The summed E-state index contributed by atoms with van der Waals surface area (Å²) in [6.45, 7) is 3.83. The summed E-state index contributed by atoms with van der Waals surface area (Å²) in [5.41, 5.74) is 0. The Bertz CT molecular complexity index is 580. The van der Waals surface area contributed by atoms with Gasteiger partial charge in [-0.1, -0.05) is 6.92 Å². The van der Waals surface area contributed by atoms with Gasteiger partial charge in [-0.2, -0.15) is 4.31 Å². The summed E-state index contributed by atoms with van der Waals surface area (Å²) < 4.78 is 37.8. The number of furan rings is 1. The fourth-order valence-electron chi connectivity index (χ4n) is 2.52. The third kappa shape index (κ3) is 3.31. The largest absolute Gasteiger partial charge is 0.447 e. The van der Waals surface area contributed by atoms with E-state index in [1.165, 1.54) is 17.1 Å². The number of rotatable bonds is 6. The first-order valence-corrected chi connectivity index (χ1v) is 8.97. The molecule has 1 saturated heterocycles. The number of morpholine rings is 1. The Hall–Kier alpha value is -0.890. The second-order valence-corrected chi connectivity index (χ2v) is 7.45. The molecule has 7 heteroatoms. The van der Waals surface area contributed by atoms with E-state index in [1.54, 1.807) is 12.1 Å². The predicted molar refractivity (Wildman–Crippen MR) is 77.4 cm³/mol. The van der Waals surface area contributed by atoms with Crippen LogP contribution in [0.4, 0.5) is 0 Å². The van der Waals surface area contributed by atoms with Crippen LogP contribution in [0.1, 0.15) is 31.9 Å². The third-order valence-electron chi connectivity index (χ3n) is 3.99. The number of nitrogens with zero attached hydrogens (tertiary/aromatic N) is 1. The Morgan fingerprint density at radius 3 is 2.90 bits per heavy atom. The lowest BCUT2D eigenvalue weighted by molar-refractivity contribution is 0.0307. The average molecular weight is 314 g/mol. The fourth-order valence-corrected chi connectivity index (χ4v) is 4.12. The van der Waals surface area contributed by atoms with Crippen LogP contribution in [-0.2, 0) is 21.3 Å². The first kappa shape index (κ1) is 15.0. The van der Waals surface area contributed by atoms with E-state index in [-0.39, 0.29) is 11.1 Å². The van der Waals surface area contributed by atoms with E-state index < -0.39 is 10.0 Å². The van der Waals surface area contributed by atoms with Crippen LogP contribution in [-0.4, -0.2) is 44.6 Å². The van der Waals surface area contributed by atoms with Crippen LogP contribution in [0.5, 0.6) is 0 Å². The second-order valence-electron chi connectivity index (χ2n) is 5.63. The van der Waals surface area contributed by atoms with Crippen molar-refractivity contribution in [3.05, 3.63) is 17.9 Å². The molecule has 3 rings (SSSR count). The molecule has 6 nitrogen and oxygen atoms in total. The van der Waals surface area contributed by atoms with E-state index in [0.29, 0.717) is 38.1 Å². The van der Waals surface area contributed by atoms with Gasteiger partial charge in [0.1, 0.15) is 5.76 Å². The standard InChI is InChI=1S/C14H22N2O4S/c1-2-12-10-19-8-7-16(12)21(17,18)14-6-5-13(20-14)9-15-11-3-4-11/h5-6,11-12,15H,2-4,7-10H2,1H3. The van der Waals surface area contributed by atoms with Crippen molar-refractivity contribution < 1.29 is 17.6 Å². The third-order valence-corrected chi connectivity index (χ3v) is 5.81. The quantitative estimate of drug-likeness (QED) is 0.858. The van der Waals surface area contributed by atoms with Gasteiger partial charge in [0.05, 0.1) is 19.8 Å². The lowest BCUT2D eigenvalue weighted by Crippen LogP contribution is -2.48. The molecule has 0 amide bonds. The molecule has 1 saturated carbocycles. The van der Waals surface area contributed by atoms with Gasteiger partial charge >= 0.3 is 0 Å². The number of hydrogen-bond acceptors (Lipinski definition) is 5. The van der Waals surface area contributed by atoms with Crippen molar-refractivity contribution in [2.24, 2.45) is 0 Å². The van der Waals surface area contributed by atoms with Crippen molar-refractivity contribution in [3.63, 3.8) is 0 Å². The van der Waals surface area contributed by atoms with Crippen molar-refractivity contribution in [1.82, 2.24) is 9.62 Å². The Kier molecular flexibility index (Phi) is 4.35. The molecule has 0 bridgehead atoms. The van der Waals surface area contributed by atoms with Gasteiger partial charge < -0.3 is 14.5 Å². The maximum atomic E-state index is 12.7. The van der Waals surface area contributed by atoms with Crippen LogP contribution in [0, 0.1) is 0 Å². The molecule has 1 N–H and O–H groups in total. The molecule has 0 radical (unpaired) electrons. The number of sulfonamides is 1. The van der Waals surface area contributed by atoms with Crippen LogP contribution >= 0.6 is 0 Å². The van der Waals surface area contributed by atoms with E-state index in [0.717, 1.165) is 6.42 Å². The summed E-state index contributed by atoms with van der Waals surface area (Å²) in [5.74, 6) is 0.668. The summed E-state index contributed by atoms with van der Waals surface area (Å²) in [5, 5.41) is 3.35. The summed E-state index contributed by atoms with van der Waals surface area (Å²) >= 11 is 0. The normalized spacial score (nSPS) is 24.3. The van der Waals surface area contributed by atoms with E-state index in [2.05, 4.69) is 5.32 Å². The van der Waals surface area contributed by atoms with Crippen molar-refractivity contribution in [2.75, 3.05) is 19.8 Å². The molecule has 2 fully saturated rings. The molecular formula is C14H22N2O4S. The summed E-state index contributed by atoms with van der Waals surface area (Å²) in [6, 6.07) is 3.76. The zero-order chi connectivity index (χ0) is 14.9. The molecule has 0 spiro atoms. The highest BCUT2D eigenvalue weighted by Crippen LogP contribution is 2.24. The van der Waals surface area contributed by atoms with Crippen molar-refractivity contribution in [2.45, 2.75) is 49.9 Å². The minimum Gasteiger partial charge on any atom is -0.447 e. The van der Waals surface area contributed by atoms with Crippen LogP contribution < -0.4 is 5.32 Å². The zero-order valence-electron chi connectivity index (χ0n) is 12.2. The van der Waals surface area contributed by atoms with Gasteiger partial charge in [-0.05, 0) is 31.4 Å². The Morgan fingerprint density at radius 1 is 1.38 bits per heavy atom. The molecule has 1 aliphatic carbocycles. The summed E-state index contributed by atoms with van der Waals surface area (Å²) in [6.07, 6.45) is 3.12. The predicted octanol–water partition coefficient (Wildman–Crippen LogP) is 1.33. The minimum absolute atomic E-state index is 0.0375. The van der Waals surface area contributed by atoms with E-state index in [4.69, 9.17) is 9.15 Å². The number of hydrogen-bond donors (Lipinski definition) is 1. The van der Waals surface area contributed by atoms with Gasteiger partial charge in [0.2, 0.25) is 5.09 Å². The topological polar surface area (TPSA) is 71.8 Å². The van der Waals surface area contributed by atoms with Crippen molar-refractivity contribution in [3.8, 4) is 0 Å². The number of nitrogens with one attached hydrogen (secondary N) is 1. The highest BCUT2D eigenvalue weighted by Gasteiger charge is 2.35. The molecule has 1 atom stereocenters. The van der Waals surface area contributed by atoms with Crippen LogP contribution in [0.2, 0.25) is 0 Å². The monoisotopic (exact) mass is 314 g/mol. The lowest BCUT2D eigenvalue weighted by atomic mass is 10.2. The molecule has 2 heterocycles. The molecule has 21 heavy (non-hydrogen) atoms. The van der Waals surface area contributed by atoms with Gasteiger partial charge in [0, 0.05) is 18.6 Å². The smallest absolute Gasteiger partial charge is 0.276 e. The van der Waals surface area contributed by atoms with E-state index in [1.807, 2.05) is 6.92 Å². The molecule has 1 aliphatic heterocycles. The number of ether oxygens (including phenoxy) is 1. The van der Waals surface area contributed by atoms with Crippen LogP contribution in [0.3, 0.4) is 0 Å². The van der Waals surface area contributed by atoms with Gasteiger partial charge in [-0.3, -0.25) is 0 Å². The Morgan fingerprint density at radius 2 is 2.19 bits per heavy atom. The lowest BCUT2D eigenvalue weighted by Gasteiger charge is -2.33. The second kappa shape index (κ2) is 6.08. The van der Waals surface area contributed by atoms with Crippen molar-refractivity contribution in [1.29, 1.82) is 0 Å². The maximum absolute atomic E-state index is 12.7. The molecule has 0 aromatic carbocycles. The van der Waals surface area contributed by atoms with E-state index in [9.17, 15) is 8.42 Å². The highest BCUT2D eigenvalue weighted by atomic mass is 32.2. The van der Waals surface area contributed by atoms with Crippen molar-refractivity contribution >= 4 is 10.0 Å². The first-order valence-electron chi connectivity index (χ1n) is 7.53. The van der Waals surface area contributed by atoms with Gasteiger partial charge in [0.15, 0.2) is 0 Å². The van der Waals surface area contributed by atoms with Gasteiger partial charge in [-0.25, -0.2) is 8.42 Å². The van der Waals surface area contributed by atoms with Gasteiger partial charge in [-0.15, -0.1) is 0 Å². The maximum Gasteiger partial charge on any atom is 0.276 e. The SMILES string of the molecule is CCC1COCCN1S(=O)(=O)c1ccc(CNC2CC2)o1. The van der Waals surface area contributed by atoms with Crippen LogP contribution in [0.15, 0.2) is 21.6 Å². The molecule has 1 aromatic rings. The Labute approximate surface area is 125 Å². The molecule has 118 valence electrons. The average Bonchev–Trinajstić information content (AvgIpc) is 3.20. The minimum atomic E-state index is -3.57. The molecule has 2 aliphatic rings. The fraction of sp³-hybridized carbons (Fsp3) is 0.714. The summed E-state index contributed by atoms with van der Waals surface area (Å²) in [7, 11) is -3.57. The first-order chi connectivity index (χ1) is 10.1. The van der Waals surface area contributed by atoms with Gasteiger partial charge in [0.25, 0.3) is 10.0 Å². The van der Waals surface area contributed by atoms with Crippen LogP contribution in [0.25, 0.3) is 0 Å². The zero-order valence-corrected chi connectivity index (χ0v) is 13.1. The highest BCUT2D eigenvalue weighted by molar-refractivity contribution is 7.89. The Balaban J connectivity index is 1.73. The summed E-state index contributed by atoms with van der Waals surface area (Å²) in [4.78, 5) is 0. The van der Waals surface area contributed by atoms with E-state index >= 15 is 0 Å². The molecule has 1 aromatic heterocycles. The molecular weight excluding hydrogens is 292 g/mol.